The van der Waals surface area contributed by atoms with Gasteiger partial charge in [0.2, 0.25) is 0 Å². The molecule has 0 aliphatic heterocycles. The van der Waals surface area contributed by atoms with E-state index < -0.39 is 0 Å². The first-order chi connectivity index (χ1) is 4.84. The Kier molecular flexibility index (Phi) is 2.83. The van der Waals surface area contributed by atoms with Crippen molar-refractivity contribution in [3.63, 3.8) is 0 Å². The van der Waals surface area contributed by atoms with E-state index in [0.29, 0.717) is 0 Å². The fourth-order valence-electron chi connectivity index (χ4n) is 0.764. The quantitative estimate of drug-likeness (QED) is 0.725. The van der Waals surface area contributed by atoms with Gasteiger partial charge in [0.25, 0.3) is 0 Å². The first kappa shape index (κ1) is 7.69. The summed E-state index contributed by atoms with van der Waals surface area (Å²) in [6.07, 6.45) is 3.68. The molecule has 1 aromatic rings. The Morgan fingerprint density at radius 3 is 3.10 bits per heavy atom. The highest BCUT2D eigenvalue weighted by atomic mass is 32.2. The average molecular weight is 157 g/mol. The minimum absolute atomic E-state index is 0.0463. The van der Waals surface area contributed by atoms with Gasteiger partial charge >= 0.3 is 0 Å². The molecule has 10 heavy (non-hydrogen) atoms. The van der Waals surface area contributed by atoms with Crippen molar-refractivity contribution in [2.45, 2.75) is 6.04 Å². The zero-order valence-corrected chi connectivity index (χ0v) is 6.73. The summed E-state index contributed by atoms with van der Waals surface area (Å²) in [6.45, 7) is 0. The van der Waals surface area contributed by atoms with Crippen LogP contribution in [0.1, 0.15) is 11.8 Å². The predicted octanol–water partition coefficient (Wildman–Crippen LogP) is 1.64. The third-order valence-corrected chi connectivity index (χ3v) is 1.95. The highest BCUT2D eigenvalue weighted by Crippen LogP contribution is 2.13. The van der Waals surface area contributed by atoms with Crippen LogP contribution in [0, 0.1) is 0 Å². The lowest BCUT2D eigenvalue weighted by Crippen LogP contribution is -2.11. The van der Waals surface area contributed by atoms with Crippen molar-refractivity contribution < 1.29 is 4.42 Å². The molecule has 1 atom stereocenters. The van der Waals surface area contributed by atoms with Gasteiger partial charge in [-0.25, -0.2) is 0 Å². The van der Waals surface area contributed by atoms with Crippen LogP contribution < -0.4 is 5.73 Å². The van der Waals surface area contributed by atoms with Gasteiger partial charge in [-0.3, -0.25) is 0 Å². The monoisotopic (exact) mass is 157 g/mol. The fraction of sp³-hybridized carbons (Fsp3) is 0.429. The molecule has 0 saturated heterocycles. The fourth-order valence-corrected chi connectivity index (χ4v) is 1.29. The highest BCUT2D eigenvalue weighted by molar-refractivity contribution is 7.98. The summed E-state index contributed by atoms with van der Waals surface area (Å²) in [6, 6.07) is 3.81. The van der Waals surface area contributed by atoms with E-state index in [1.165, 1.54) is 0 Å². The molecular weight excluding hydrogens is 146 g/mol. The lowest BCUT2D eigenvalue weighted by molar-refractivity contribution is 0.482. The maximum Gasteiger partial charge on any atom is 0.121 e. The van der Waals surface area contributed by atoms with Crippen LogP contribution in [-0.2, 0) is 0 Å². The summed E-state index contributed by atoms with van der Waals surface area (Å²) in [7, 11) is 0. The van der Waals surface area contributed by atoms with Crippen LogP contribution in [0.15, 0.2) is 22.8 Å². The van der Waals surface area contributed by atoms with Gasteiger partial charge < -0.3 is 10.2 Å². The molecule has 0 spiro atoms. The van der Waals surface area contributed by atoms with E-state index in [2.05, 4.69) is 0 Å². The second kappa shape index (κ2) is 3.68. The lowest BCUT2D eigenvalue weighted by atomic mass is 10.3. The zero-order chi connectivity index (χ0) is 7.40. The molecule has 1 unspecified atom stereocenters. The van der Waals surface area contributed by atoms with Crippen LogP contribution in [0.5, 0.6) is 0 Å². The summed E-state index contributed by atoms with van der Waals surface area (Å²) in [5.74, 6) is 1.78. The number of nitrogens with two attached hydrogens (primary N) is 1. The van der Waals surface area contributed by atoms with Crippen molar-refractivity contribution in [1.82, 2.24) is 0 Å². The molecular formula is C7H11NOS. The molecule has 1 aromatic heterocycles. The standard InChI is InChI=1S/C7H11NOS/c1-10-5-6(8)7-3-2-4-9-7/h2-4,6H,5,8H2,1H3. The van der Waals surface area contributed by atoms with Gasteiger partial charge in [0, 0.05) is 5.75 Å². The summed E-state index contributed by atoms with van der Waals surface area (Å²) in [4.78, 5) is 0. The molecule has 2 N–H and O–H groups in total. The first-order valence-electron chi connectivity index (χ1n) is 3.12. The molecule has 0 aromatic carbocycles. The van der Waals surface area contributed by atoms with E-state index in [4.69, 9.17) is 10.2 Å². The van der Waals surface area contributed by atoms with Crippen molar-refractivity contribution in [2.24, 2.45) is 5.73 Å². The minimum Gasteiger partial charge on any atom is -0.468 e. The molecule has 0 aliphatic rings. The van der Waals surface area contributed by atoms with Crippen LogP contribution in [0.25, 0.3) is 0 Å². The Hall–Kier alpha value is -0.410. The van der Waals surface area contributed by atoms with Gasteiger partial charge in [0.15, 0.2) is 0 Å². The SMILES string of the molecule is CSCC(N)c1ccco1. The molecule has 0 bridgehead atoms. The zero-order valence-electron chi connectivity index (χ0n) is 5.91. The van der Waals surface area contributed by atoms with E-state index in [9.17, 15) is 0 Å². The average Bonchev–Trinajstić information content (AvgIpc) is 2.38. The molecule has 0 radical (unpaired) electrons. The van der Waals surface area contributed by atoms with E-state index in [1.807, 2.05) is 18.4 Å². The van der Waals surface area contributed by atoms with Gasteiger partial charge in [-0.1, -0.05) is 0 Å². The van der Waals surface area contributed by atoms with E-state index in [0.717, 1.165) is 11.5 Å². The Morgan fingerprint density at radius 1 is 1.80 bits per heavy atom. The molecule has 0 aliphatic carbocycles. The Balaban J connectivity index is 2.50. The molecule has 2 nitrogen and oxygen atoms in total. The number of furan rings is 1. The van der Waals surface area contributed by atoms with E-state index in [-0.39, 0.29) is 6.04 Å². The predicted molar refractivity (Wildman–Crippen MR) is 44.0 cm³/mol. The highest BCUT2D eigenvalue weighted by Gasteiger charge is 2.05. The molecule has 0 fully saturated rings. The van der Waals surface area contributed by atoms with Crippen molar-refractivity contribution in [3.05, 3.63) is 24.2 Å². The first-order valence-corrected chi connectivity index (χ1v) is 4.52. The largest absolute Gasteiger partial charge is 0.468 e. The van der Waals surface area contributed by atoms with Gasteiger partial charge in [-0.15, -0.1) is 0 Å². The third kappa shape index (κ3) is 1.78. The maximum atomic E-state index is 5.74. The van der Waals surface area contributed by atoms with Gasteiger partial charge in [-0.2, -0.15) is 11.8 Å². The number of hydrogen-bond acceptors (Lipinski definition) is 3. The smallest absolute Gasteiger partial charge is 0.121 e. The van der Waals surface area contributed by atoms with Crippen LogP contribution in [-0.4, -0.2) is 12.0 Å². The normalized spacial score (nSPS) is 13.4. The van der Waals surface area contributed by atoms with Gasteiger partial charge in [-0.05, 0) is 18.4 Å². The summed E-state index contributed by atoms with van der Waals surface area (Å²) in [5.41, 5.74) is 5.74. The van der Waals surface area contributed by atoms with Gasteiger partial charge in [0.05, 0.1) is 12.3 Å². The van der Waals surface area contributed by atoms with Crippen LogP contribution in [0.3, 0.4) is 0 Å². The number of thioether (sulfide) groups is 1. The molecule has 56 valence electrons. The Morgan fingerprint density at radius 2 is 2.60 bits per heavy atom. The second-order valence-electron chi connectivity index (χ2n) is 2.08. The van der Waals surface area contributed by atoms with Crippen molar-refractivity contribution in [1.29, 1.82) is 0 Å². The maximum absolute atomic E-state index is 5.74. The topological polar surface area (TPSA) is 39.2 Å². The molecule has 0 saturated carbocycles. The van der Waals surface area contributed by atoms with Crippen LogP contribution in [0.2, 0.25) is 0 Å². The van der Waals surface area contributed by atoms with Crippen molar-refractivity contribution >= 4 is 11.8 Å². The summed E-state index contributed by atoms with van der Waals surface area (Å²) >= 11 is 1.72. The van der Waals surface area contributed by atoms with E-state index in [1.54, 1.807) is 18.0 Å². The Labute approximate surface area is 64.8 Å². The third-order valence-electron chi connectivity index (χ3n) is 1.25. The second-order valence-corrected chi connectivity index (χ2v) is 2.99. The van der Waals surface area contributed by atoms with Crippen LogP contribution >= 0.6 is 11.8 Å². The molecule has 0 amide bonds. The summed E-state index contributed by atoms with van der Waals surface area (Å²) in [5, 5.41) is 0. The lowest BCUT2D eigenvalue weighted by Gasteiger charge is -2.04. The molecule has 1 rings (SSSR count). The van der Waals surface area contributed by atoms with Crippen molar-refractivity contribution in [3.8, 4) is 0 Å². The van der Waals surface area contributed by atoms with E-state index >= 15 is 0 Å². The Bertz CT molecular complexity index is 174. The molecule has 3 heteroatoms. The summed E-state index contributed by atoms with van der Waals surface area (Å²) < 4.78 is 5.11. The van der Waals surface area contributed by atoms with Crippen LogP contribution in [0.4, 0.5) is 0 Å². The van der Waals surface area contributed by atoms with Crippen molar-refractivity contribution in [2.75, 3.05) is 12.0 Å². The minimum atomic E-state index is 0.0463. The molecule has 1 heterocycles. The number of rotatable bonds is 3. The van der Waals surface area contributed by atoms with Gasteiger partial charge in [0.1, 0.15) is 5.76 Å². The number of hydrogen-bond donors (Lipinski definition) is 1.